The van der Waals surface area contributed by atoms with Crippen molar-refractivity contribution >= 4 is 10.8 Å². The van der Waals surface area contributed by atoms with E-state index in [4.69, 9.17) is 0 Å². The first kappa shape index (κ1) is 23.4. The lowest BCUT2D eigenvalue weighted by molar-refractivity contribution is 0.517. The molecule has 0 aliphatic heterocycles. The van der Waals surface area contributed by atoms with Crippen molar-refractivity contribution in [1.82, 2.24) is 0 Å². The van der Waals surface area contributed by atoms with Crippen molar-refractivity contribution in [3.05, 3.63) is 117 Å². The number of halogens is 6. The molecule has 4 aromatic carbocycles. The predicted molar refractivity (Wildman–Crippen MR) is 119 cm³/mol. The molecule has 172 valence electrons. The summed E-state index contributed by atoms with van der Waals surface area (Å²) in [5.41, 5.74) is 0.542. The standard InChI is InChI=1S/C28H18F6/c1-2-16-12-24(30)22(25(31)13-16)9-5-18-14-26(32)21(27(33)15-18)8-4-17-3-7-20-19(11-17)6-10-23(29)28(20)34/h3,6-7,10-15H,2,5,9H2,1H3. The summed E-state index contributed by atoms with van der Waals surface area (Å²) in [6.45, 7) is 1.78. The van der Waals surface area contributed by atoms with Crippen LogP contribution in [0.5, 0.6) is 0 Å². The maximum absolute atomic E-state index is 14.6. The number of rotatable bonds is 4. The van der Waals surface area contributed by atoms with Gasteiger partial charge in [0.1, 0.15) is 23.3 Å². The monoisotopic (exact) mass is 468 g/mol. The minimum atomic E-state index is -0.981. The Bertz CT molecular complexity index is 1410. The molecule has 0 amide bonds. The van der Waals surface area contributed by atoms with E-state index in [0.29, 0.717) is 22.9 Å². The van der Waals surface area contributed by atoms with Crippen LogP contribution in [0.2, 0.25) is 0 Å². The zero-order chi connectivity index (χ0) is 24.4. The van der Waals surface area contributed by atoms with E-state index in [-0.39, 0.29) is 29.4 Å². The lowest BCUT2D eigenvalue weighted by Crippen LogP contribution is -2.02. The topological polar surface area (TPSA) is 0 Å². The van der Waals surface area contributed by atoms with E-state index in [1.165, 1.54) is 36.4 Å². The van der Waals surface area contributed by atoms with Crippen molar-refractivity contribution in [3.63, 3.8) is 0 Å². The SMILES string of the molecule is CCc1cc(F)c(CCc2cc(F)c(C#Cc3ccc4c(F)c(F)ccc4c3)c(F)c2)c(F)c1. The summed E-state index contributed by atoms with van der Waals surface area (Å²) in [5.74, 6) is -0.0674. The van der Waals surface area contributed by atoms with Gasteiger partial charge in [-0.2, -0.15) is 0 Å². The molecule has 6 heteroatoms. The zero-order valence-corrected chi connectivity index (χ0v) is 18.1. The predicted octanol–water partition coefficient (Wildman–Crippen LogP) is 7.42. The van der Waals surface area contributed by atoms with E-state index in [2.05, 4.69) is 11.8 Å². The van der Waals surface area contributed by atoms with Crippen molar-refractivity contribution in [1.29, 1.82) is 0 Å². The highest BCUT2D eigenvalue weighted by atomic mass is 19.2. The number of aryl methyl sites for hydroxylation is 2. The van der Waals surface area contributed by atoms with Crippen LogP contribution in [0, 0.1) is 46.7 Å². The molecule has 4 aromatic rings. The average molecular weight is 468 g/mol. The van der Waals surface area contributed by atoms with Crippen LogP contribution < -0.4 is 0 Å². The Morgan fingerprint density at radius 3 is 1.91 bits per heavy atom. The molecule has 0 aromatic heterocycles. The second kappa shape index (κ2) is 9.64. The number of hydrogen-bond acceptors (Lipinski definition) is 0. The molecule has 0 radical (unpaired) electrons. The Balaban J connectivity index is 1.56. The molecule has 0 atom stereocenters. The fourth-order valence-corrected chi connectivity index (χ4v) is 3.73. The second-order valence-electron chi connectivity index (χ2n) is 7.87. The first-order chi connectivity index (χ1) is 16.3. The third-order valence-electron chi connectivity index (χ3n) is 5.61. The van der Waals surface area contributed by atoms with Crippen molar-refractivity contribution < 1.29 is 26.3 Å². The van der Waals surface area contributed by atoms with Crippen LogP contribution in [-0.4, -0.2) is 0 Å². The third kappa shape index (κ3) is 4.79. The molecule has 0 aliphatic carbocycles. The summed E-state index contributed by atoms with van der Waals surface area (Å²) in [6, 6.07) is 11.3. The Labute approximate surface area is 192 Å². The summed E-state index contributed by atoms with van der Waals surface area (Å²) >= 11 is 0. The summed E-state index contributed by atoms with van der Waals surface area (Å²) in [5, 5.41) is 0.470. The fourth-order valence-electron chi connectivity index (χ4n) is 3.73. The minimum Gasteiger partial charge on any atom is -0.207 e. The van der Waals surface area contributed by atoms with Crippen molar-refractivity contribution in [2.75, 3.05) is 0 Å². The van der Waals surface area contributed by atoms with Crippen molar-refractivity contribution in [2.45, 2.75) is 26.2 Å². The number of hydrogen-bond donors (Lipinski definition) is 0. The Morgan fingerprint density at radius 2 is 1.26 bits per heavy atom. The van der Waals surface area contributed by atoms with Gasteiger partial charge in [0.05, 0.1) is 5.56 Å². The van der Waals surface area contributed by atoms with Gasteiger partial charge in [0.25, 0.3) is 0 Å². The van der Waals surface area contributed by atoms with Gasteiger partial charge in [-0.15, -0.1) is 0 Å². The van der Waals surface area contributed by atoms with E-state index in [1.54, 1.807) is 6.92 Å². The van der Waals surface area contributed by atoms with Gasteiger partial charge in [-0.1, -0.05) is 30.9 Å². The van der Waals surface area contributed by atoms with Crippen molar-refractivity contribution in [2.24, 2.45) is 0 Å². The molecule has 0 fully saturated rings. The van der Waals surface area contributed by atoms with Gasteiger partial charge in [0.15, 0.2) is 11.6 Å². The molecule has 0 N–H and O–H groups in total. The molecule has 34 heavy (non-hydrogen) atoms. The van der Waals surface area contributed by atoms with E-state index < -0.39 is 40.5 Å². The van der Waals surface area contributed by atoms with E-state index in [0.717, 1.165) is 18.2 Å². The van der Waals surface area contributed by atoms with Crippen LogP contribution in [0.4, 0.5) is 26.3 Å². The van der Waals surface area contributed by atoms with Gasteiger partial charge in [-0.3, -0.25) is 0 Å². The summed E-state index contributed by atoms with van der Waals surface area (Å²) in [7, 11) is 0. The molecule has 0 aliphatic rings. The molecule has 0 unspecified atom stereocenters. The molecular weight excluding hydrogens is 450 g/mol. The van der Waals surface area contributed by atoms with Gasteiger partial charge in [-0.25, -0.2) is 26.3 Å². The van der Waals surface area contributed by atoms with E-state index in [9.17, 15) is 26.3 Å². The maximum atomic E-state index is 14.6. The molecule has 0 nitrogen and oxygen atoms in total. The van der Waals surface area contributed by atoms with Crippen LogP contribution in [0.25, 0.3) is 10.8 Å². The smallest absolute Gasteiger partial charge is 0.166 e. The van der Waals surface area contributed by atoms with Gasteiger partial charge in [-0.05, 0) is 78.2 Å². The molecule has 0 heterocycles. The lowest BCUT2D eigenvalue weighted by atomic mass is 10.00. The molecule has 0 spiro atoms. The van der Waals surface area contributed by atoms with Gasteiger partial charge in [0, 0.05) is 16.5 Å². The third-order valence-corrected chi connectivity index (χ3v) is 5.61. The molecule has 0 saturated carbocycles. The Morgan fingerprint density at radius 1 is 0.618 bits per heavy atom. The first-order valence-corrected chi connectivity index (χ1v) is 10.6. The minimum absolute atomic E-state index is 0.0354. The Hall–Kier alpha value is -3.72. The van der Waals surface area contributed by atoms with E-state index in [1.807, 2.05) is 0 Å². The highest BCUT2D eigenvalue weighted by Crippen LogP contribution is 2.23. The van der Waals surface area contributed by atoms with E-state index >= 15 is 0 Å². The van der Waals surface area contributed by atoms with Gasteiger partial charge in [0.2, 0.25) is 0 Å². The normalized spacial score (nSPS) is 10.9. The fraction of sp³-hybridized carbons (Fsp3) is 0.143. The second-order valence-corrected chi connectivity index (χ2v) is 7.87. The van der Waals surface area contributed by atoms with Crippen molar-refractivity contribution in [3.8, 4) is 11.8 Å². The van der Waals surface area contributed by atoms with Crippen LogP contribution in [-0.2, 0) is 19.3 Å². The lowest BCUT2D eigenvalue weighted by Gasteiger charge is -2.08. The molecule has 4 rings (SSSR count). The summed E-state index contributed by atoms with van der Waals surface area (Å²) in [4.78, 5) is 0. The Kier molecular flexibility index (Phi) is 6.65. The number of benzene rings is 4. The van der Waals surface area contributed by atoms with Gasteiger partial charge < -0.3 is 0 Å². The molecule has 0 saturated heterocycles. The zero-order valence-electron chi connectivity index (χ0n) is 18.1. The van der Waals surface area contributed by atoms with Crippen LogP contribution in [0.3, 0.4) is 0 Å². The number of fused-ring (bicyclic) bond motifs is 1. The quantitative estimate of drug-likeness (QED) is 0.216. The van der Waals surface area contributed by atoms with Crippen LogP contribution in [0.15, 0.2) is 54.6 Å². The average Bonchev–Trinajstić information content (AvgIpc) is 2.80. The highest BCUT2D eigenvalue weighted by Gasteiger charge is 2.14. The first-order valence-electron chi connectivity index (χ1n) is 10.6. The van der Waals surface area contributed by atoms with Crippen LogP contribution in [0.1, 0.15) is 34.7 Å². The highest BCUT2D eigenvalue weighted by molar-refractivity contribution is 5.84. The maximum Gasteiger partial charge on any atom is 0.166 e. The summed E-state index contributed by atoms with van der Waals surface area (Å²) in [6.07, 6.45) is 0.467. The van der Waals surface area contributed by atoms with Gasteiger partial charge >= 0.3 is 0 Å². The largest absolute Gasteiger partial charge is 0.207 e. The van der Waals surface area contributed by atoms with Crippen LogP contribution >= 0.6 is 0 Å². The molecule has 0 bridgehead atoms. The molecular formula is C28H18F6. The summed E-state index contributed by atoms with van der Waals surface area (Å²) < 4.78 is 84.6.